The molecule has 0 amide bonds. The smallest absolute Gasteiger partial charge is 0.151 e. The number of nitrogens with one attached hydrogen (secondary N) is 1. The Balaban J connectivity index is 1.77. The molecule has 1 aromatic rings. The van der Waals surface area contributed by atoms with Crippen molar-refractivity contribution in [3.63, 3.8) is 0 Å². The van der Waals surface area contributed by atoms with Crippen molar-refractivity contribution in [2.75, 3.05) is 23.3 Å². The number of aromatic nitrogens is 1. The van der Waals surface area contributed by atoms with Gasteiger partial charge in [-0.1, -0.05) is 6.92 Å². The number of hydrogen-bond acceptors (Lipinski definition) is 3. The second-order valence-electron chi connectivity index (χ2n) is 5.57. The van der Waals surface area contributed by atoms with Crippen molar-refractivity contribution < 1.29 is 0 Å². The first-order valence-corrected chi connectivity index (χ1v) is 7.35. The van der Waals surface area contributed by atoms with E-state index in [4.69, 9.17) is 0 Å². The highest BCUT2D eigenvalue weighted by atomic mass is 15.2. The zero-order valence-electron chi connectivity index (χ0n) is 11.2. The lowest BCUT2D eigenvalue weighted by Gasteiger charge is -2.24. The van der Waals surface area contributed by atoms with E-state index in [-0.39, 0.29) is 0 Å². The first-order chi connectivity index (χ1) is 8.88. The minimum Gasteiger partial charge on any atom is -0.379 e. The summed E-state index contributed by atoms with van der Waals surface area (Å²) in [7, 11) is 0. The Hall–Kier alpha value is -1.25. The fourth-order valence-electron chi connectivity index (χ4n) is 2.94. The Kier molecular flexibility index (Phi) is 3.39. The van der Waals surface area contributed by atoms with Gasteiger partial charge in [-0.2, -0.15) is 0 Å². The van der Waals surface area contributed by atoms with Crippen LogP contribution >= 0.6 is 0 Å². The van der Waals surface area contributed by atoms with Gasteiger partial charge in [-0.05, 0) is 50.2 Å². The second-order valence-corrected chi connectivity index (χ2v) is 5.57. The van der Waals surface area contributed by atoms with Gasteiger partial charge in [-0.15, -0.1) is 0 Å². The zero-order chi connectivity index (χ0) is 12.4. The molecule has 0 aromatic carbocycles. The molecule has 2 heterocycles. The molecule has 1 saturated heterocycles. The van der Waals surface area contributed by atoms with Crippen LogP contribution in [0.1, 0.15) is 39.0 Å². The average molecular weight is 245 g/mol. The zero-order valence-corrected chi connectivity index (χ0v) is 11.2. The maximum Gasteiger partial charge on any atom is 0.151 e. The molecule has 1 aliphatic carbocycles. The van der Waals surface area contributed by atoms with Crippen LogP contribution in [0.15, 0.2) is 18.3 Å². The molecular weight excluding hydrogens is 222 g/mol. The number of pyridine rings is 1. The van der Waals surface area contributed by atoms with Crippen LogP contribution in [0.4, 0.5) is 11.5 Å². The van der Waals surface area contributed by atoms with Crippen molar-refractivity contribution in [1.82, 2.24) is 4.98 Å². The summed E-state index contributed by atoms with van der Waals surface area (Å²) in [6.07, 6.45) is 8.51. The molecular formula is C15H23N3. The fraction of sp³-hybridized carbons (Fsp3) is 0.667. The van der Waals surface area contributed by atoms with Gasteiger partial charge in [0.1, 0.15) is 0 Å². The highest BCUT2D eigenvalue weighted by molar-refractivity contribution is 5.66. The van der Waals surface area contributed by atoms with Crippen LogP contribution in [0.25, 0.3) is 0 Å². The lowest BCUT2D eigenvalue weighted by Crippen LogP contribution is -2.25. The highest BCUT2D eigenvalue weighted by Crippen LogP contribution is 2.37. The summed E-state index contributed by atoms with van der Waals surface area (Å²) in [5, 5.41) is 3.73. The van der Waals surface area contributed by atoms with E-state index in [0.29, 0.717) is 6.04 Å². The molecule has 98 valence electrons. The Morgan fingerprint density at radius 1 is 1.39 bits per heavy atom. The average Bonchev–Trinajstić information content (AvgIpc) is 3.11. The van der Waals surface area contributed by atoms with Crippen LogP contribution in [0.5, 0.6) is 0 Å². The lowest BCUT2D eigenvalue weighted by atomic mass is 10.1. The van der Waals surface area contributed by atoms with Gasteiger partial charge in [0.05, 0.1) is 5.69 Å². The third-order valence-electron chi connectivity index (χ3n) is 4.16. The molecule has 0 spiro atoms. The summed E-state index contributed by atoms with van der Waals surface area (Å²) in [4.78, 5) is 7.01. The molecule has 2 fully saturated rings. The lowest BCUT2D eigenvalue weighted by molar-refractivity contribution is 0.616. The van der Waals surface area contributed by atoms with E-state index in [9.17, 15) is 0 Å². The predicted octanol–water partition coefficient (Wildman–Crippen LogP) is 3.28. The number of nitrogens with zero attached hydrogens (tertiary/aromatic N) is 2. The summed E-state index contributed by atoms with van der Waals surface area (Å²) in [5.41, 5.74) is 1.23. The van der Waals surface area contributed by atoms with Crippen LogP contribution in [-0.4, -0.2) is 24.1 Å². The minimum atomic E-state index is 0.635. The van der Waals surface area contributed by atoms with Crippen molar-refractivity contribution in [2.45, 2.75) is 45.1 Å². The Labute approximate surface area is 110 Å². The standard InChI is InChI=1S/C15H23N3/c1-2-13(12-7-8-12)17-14-6-5-9-16-15(14)18-10-3-4-11-18/h5-6,9,12-13,17H,2-4,7-8,10-11H2,1H3. The third kappa shape index (κ3) is 2.45. The summed E-state index contributed by atoms with van der Waals surface area (Å²) < 4.78 is 0. The van der Waals surface area contributed by atoms with Crippen LogP contribution < -0.4 is 10.2 Å². The Bertz CT molecular complexity index is 394. The van der Waals surface area contributed by atoms with Crippen molar-refractivity contribution >= 4 is 11.5 Å². The second kappa shape index (κ2) is 5.17. The fourth-order valence-corrected chi connectivity index (χ4v) is 2.94. The van der Waals surface area contributed by atoms with Gasteiger partial charge in [-0.3, -0.25) is 0 Å². The van der Waals surface area contributed by atoms with Gasteiger partial charge in [0, 0.05) is 25.3 Å². The maximum atomic E-state index is 4.59. The predicted molar refractivity (Wildman–Crippen MR) is 76.1 cm³/mol. The van der Waals surface area contributed by atoms with E-state index in [0.717, 1.165) is 24.8 Å². The summed E-state index contributed by atoms with van der Waals surface area (Å²) in [6, 6.07) is 4.86. The monoisotopic (exact) mass is 245 g/mol. The molecule has 1 saturated carbocycles. The van der Waals surface area contributed by atoms with Gasteiger partial charge in [-0.25, -0.2) is 4.98 Å². The summed E-state index contributed by atoms with van der Waals surface area (Å²) in [6.45, 7) is 4.60. The SMILES string of the molecule is CCC(Nc1cccnc1N1CCCC1)C1CC1. The van der Waals surface area contributed by atoms with Crippen molar-refractivity contribution in [3.05, 3.63) is 18.3 Å². The molecule has 3 rings (SSSR count). The molecule has 1 aromatic heterocycles. The number of hydrogen-bond donors (Lipinski definition) is 1. The first kappa shape index (κ1) is 11.8. The normalized spacial score (nSPS) is 21.1. The van der Waals surface area contributed by atoms with E-state index in [2.05, 4.69) is 28.2 Å². The molecule has 1 N–H and O–H groups in total. The molecule has 0 radical (unpaired) electrons. The minimum absolute atomic E-state index is 0.635. The molecule has 1 aliphatic heterocycles. The maximum absolute atomic E-state index is 4.59. The molecule has 2 aliphatic rings. The van der Waals surface area contributed by atoms with E-state index in [1.54, 1.807) is 0 Å². The third-order valence-corrected chi connectivity index (χ3v) is 4.16. The van der Waals surface area contributed by atoms with Crippen LogP contribution in [0, 0.1) is 5.92 Å². The van der Waals surface area contributed by atoms with Gasteiger partial charge < -0.3 is 10.2 Å². The first-order valence-electron chi connectivity index (χ1n) is 7.35. The summed E-state index contributed by atoms with van der Waals surface area (Å²) >= 11 is 0. The number of anilines is 2. The van der Waals surface area contributed by atoms with Crippen LogP contribution in [0.3, 0.4) is 0 Å². The molecule has 1 atom stereocenters. The van der Waals surface area contributed by atoms with Crippen molar-refractivity contribution in [3.8, 4) is 0 Å². The summed E-state index contributed by atoms with van der Waals surface area (Å²) in [5.74, 6) is 2.05. The van der Waals surface area contributed by atoms with E-state index in [1.807, 2.05) is 12.3 Å². The van der Waals surface area contributed by atoms with Crippen molar-refractivity contribution in [2.24, 2.45) is 5.92 Å². The molecule has 1 unspecified atom stereocenters. The quantitative estimate of drug-likeness (QED) is 0.863. The Morgan fingerprint density at radius 3 is 2.83 bits per heavy atom. The van der Waals surface area contributed by atoms with E-state index >= 15 is 0 Å². The highest BCUT2D eigenvalue weighted by Gasteiger charge is 2.30. The largest absolute Gasteiger partial charge is 0.379 e. The molecule has 18 heavy (non-hydrogen) atoms. The van der Waals surface area contributed by atoms with Crippen LogP contribution in [0.2, 0.25) is 0 Å². The van der Waals surface area contributed by atoms with Gasteiger partial charge in [0.15, 0.2) is 5.82 Å². The van der Waals surface area contributed by atoms with E-state index < -0.39 is 0 Å². The van der Waals surface area contributed by atoms with E-state index in [1.165, 1.54) is 37.8 Å². The molecule has 3 nitrogen and oxygen atoms in total. The van der Waals surface area contributed by atoms with Crippen molar-refractivity contribution in [1.29, 1.82) is 0 Å². The Morgan fingerprint density at radius 2 is 2.17 bits per heavy atom. The molecule has 3 heteroatoms. The number of rotatable bonds is 5. The van der Waals surface area contributed by atoms with Gasteiger partial charge in [0.25, 0.3) is 0 Å². The molecule has 0 bridgehead atoms. The van der Waals surface area contributed by atoms with Gasteiger partial charge >= 0.3 is 0 Å². The topological polar surface area (TPSA) is 28.2 Å². The van der Waals surface area contributed by atoms with Crippen LogP contribution in [-0.2, 0) is 0 Å². The van der Waals surface area contributed by atoms with Gasteiger partial charge in [0.2, 0.25) is 0 Å².